The van der Waals surface area contributed by atoms with Gasteiger partial charge in [0.1, 0.15) is 0 Å². The third-order valence-corrected chi connectivity index (χ3v) is 9.41. The molecule has 9 nitrogen and oxygen atoms in total. The Bertz CT molecular complexity index is 1130. The van der Waals surface area contributed by atoms with Crippen molar-refractivity contribution in [2.24, 2.45) is 0 Å². The van der Waals surface area contributed by atoms with Gasteiger partial charge in [-0.25, -0.2) is 4.98 Å². The number of likely N-dealkylation sites (N-methyl/N-ethyl adjacent to an activating group) is 1. The molecule has 0 radical (unpaired) electrons. The average Bonchev–Trinajstić information content (AvgIpc) is 3.43. The number of carboxylic acid groups (broad SMARTS) is 1. The minimum Gasteiger partial charge on any atom is -0.483 e. The fourth-order valence-corrected chi connectivity index (χ4v) is 6.98. The summed E-state index contributed by atoms with van der Waals surface area (Å²) in [4.78, 5) is 16.4. The van der Waals surface area contributed by atoms with E-state index < -0.39 is 10.2 Å². The van der Waals surface area contributed by atoms with Gasteiger partial charge in [-0.15, -0.1) is 11.3 Å². The van der Waals surface area contributed by atoms with Crippen LogP contribution in [-0.4, -0.2) is 89.2 Å². The maximum atomic E-state index is 13.2. The predicted octanol–water partition coefficient (Wildman–Crippen LogP) is 1.97. The number of imidazole rings is 1. The summed E-state index contributed by atoms with van der Waals surface area (Å²) in [5, 5.41) is 8.92. The molecule has 11 heteroatoms. The minimum atomic E-state index is -3.42. The van der Waals surface area contributed by atoms with Crippen molar-refractivity contribution in [3.8, 4) is 0 Å². The van der Waals surface area contributed by atoms with Gasteiger partial charge in [0.25, 0.3) is 16.7 Å². The number of hydrogen-bond donors (Lipinski definition) is 1. The van der Waals surface area contributed by atoms with Crippen molar-refractivity contribution in [3.05, 3.63) is 59.4 Å². The lowest BCUT2D eigenvalue weighted by atomic mass is 9.71. The zero-order valence-electron chi connectivity index (χ0n) is 18.6. The summed E-state index contributed by atoms with van der Waals surface area (Å²) < 4.78 is 31.9. The molecule has 1 N–H and O–H groups in total. The van der Waals surface area contributed by atoms with Crippen molar-refractivity contribution < 1.29 is 18.3 Å². The van der Waals surface area contributed by atoms with E-state index in [-0.39, 0.29) is 11.9 Å². The highest BCUT2D eigenvalue weighted by Crippen LogP contribution is 2.42. The molecule has 0 saturated carbocycles. The fraction of sp³-hybridized carbons (Fsp3) is 0.455. The van der Waals surface area contributed by atoms with Crippen molar-refractivity contribution in [1.82, 2.24) is 22.9 Å². The summed E-state index contributed by atoms with van der Waals surface area (Å²) in [6, 6.07) is 10.4. The number of aromatic nitrogens is 2. The van der Waals surface area contributed by atoms with E-state index >= 15 is 0 Å². The first-order chi connectivity index (χ1) is 15.9. The molecule has 0 amide bonds. The highest BCUT2D eigenvalue weighted by Gasteiger charge is 2.43. The van der Waals surface area contributed by atoms with Gasteiger partial charge in [-0.2, -0.15) is 17.0 Å². The topological polar surface area (TPSA) is 98.5 Å². The number of hydrogen-bond acceptors (Lipinski definition) is 6. The molecular weight excluding hydrogens is 462 g/mol. The summed E-state index contributed by atoms with van der Waals surface area (Å²) in [6.45, 7) is 3.47. The van der Waals surface area contributed by atoms with Gasteiger partial charge in [0, 0.05) is 62.5 Å². The van der Waals surface area contributed by atoms with E-state index in [9.17, 15) is 8.42 Å². The smallest absolute Gasteiger partial charge is 0.290 e. The largest absolute Gasteiger partial charge is 0.483 e. The molecule has 3 aromatic rings. The Labute approximate surface area is 198 Å². The standard InChI is InChI=1S/C21H27N5O2S2.CH2O2/c1-23-11-13-26(14-12-23)30(27,28)25-9-7-21(8-10-25,18-5-3-2-4-6-18)19-17-24-15-16-29-20(24)22-19;2-1-3/h2-6,15-17H,7-14H2,1H3;1H,(H,2,3). The quantitative estimate of drug-likeness (QED) is 0.561. The third-order valence-electron chi connectivity index (χ3n) is 6.60. The molecule has 4 heterocycles. The summed E-state index contributed by atoms with van der Waals surface area (Å²) in [5.74, 6) is 0. The molecular formula is C22H29N5O4S2. The number of carbonyl (C=O) groups is 1. The molecule has 1 aromatic carbocycles. The van der Waals surface area contributed by atoms with Crippen LogP contribution in [0.4, 0.5) is 0 Å². The van der Waals surface area contributed by atoms with Crippen molar-refractivity contribution in [2.45, 2.75) is 18.3 Å². The second-order valence-electron chi connectivity index (χ2n) is 8.38. The summed E-state index contributed by atoms with van der Waals surface area (Å²) in [7, 11) is -1.38. The number of fused-ring (bicyclic) bond motifs is 1. The lowest BCUT2D eigenvalue weighted by Crippen LogP contribution is -2.55. The number of thiazole rings is 1. The average molecular weight is 492 g/mol. The van der Waals surface area contributed by atoms with Gasteiger partial charge in [0.05, 0.1) is 5.69 Å². The molecule has 178 valence electrons. The lowest BCUT2D eigenvalue weighted by Gasteiger charge is -2.43. The summed E-state index contributed by atoms with van der Waals surface area (Å²) in [5.41, 5.74) is 1.99. The predicted molar refractivity (Wildman–Crippen MR) is 128 cm³/mol. The first-order valence-electron chi connectivity index (χ1n) is 10.9. The van der Waals surface area contributed by atoms with Crippen molar-refractivity contribution in [3.63, 3.8) is 0 Å². The summed E-state index contributed by atoms with van der Waals surface area (Å²) in [6.07, 6.45) is 5.61. The molecule has 0 aliphatic carbocycles. The second-order valence-corrected chi connectivity index (χ2v) is 11.2. The SMILES string of the molecule is CN1CCN(S(=O)(=O)N2CCC(c3ccccc3)(c3cn4ccsc4n3)CC2)CC1.O=CO. The maximum Gasteiger partial charge on any atom is 0.290 e. The van der Waals surface area contributed by atoms with E-state index in [0.29, 0.717) is 26.2 Å². The van der Waals surface area contributed by atoms with Crippen molar-refractivity contribution >= 4 is 33.0 Å². The zero-order chi connectivity index (χ0) is 23.5. The van der Waals surface area contributed by atoms with Crippen LogP contribution in [0, 0.1) is 0 Å². The number of piperazine rings is 1. The fourth-order valence-electron chi connectivity index (χ4n) is 4.69. The number of piperidine rings is 1. The van der Waals surface area contributed by atoms with Crippen LogP contribution in [0.15, 0.2) is 48.1 Å². The number of benzene rings is 1. The van der Waals surface area contributed by atoms with Crippen LogP contribution >= 0.6 is 11.3 Å². The Balaban J connectivity index is 0.000000821. The highest BCUT2D eigenvalue weighted by molar-refractivity contribution is 7.86. The van der Waals surface area contributed by atoms with Crippen LogP contribution in [0.25, 0.3) is 4.96 Å². The first kappa shape index (κ1) is 23.8. The van der Waals surface area contributed by atoms with Gasteiger partial charge in [-0.3, -0.25) is 9.20 Å². The van der Waals surface area contributed by atoms with Crippen molar-refractivity contribution in [1.29, 1.82) is 0 Å². The van der Waals surface area contributed by atoms with E-state index in [1.807, 2.05) is 24.7 Å². The van der Waals surface area contributed by atoms with Crippen LogP contribution < -0.4 is 0 Å². The minimum absolute atomic E-state index is 0.250. The van der Waals surface area contributed by atoms with Gasteiger partial charge in [0.15, 0.2) is 4.96 Å². The summed E-state index contributed by atoms with van der Waals surface area (Å²) >= 11 is 1.62. The van der Waals surface area contributed by atoms with Gasteiger partial charge < -0.3 is 10.0 Å². The van der Waals surface area contributed by atoms with Crippen molar-refractivity contribution in [2.75, 3.05) is 46.3 Å². The molecule has 2 aromatic heterocycles. The van der Waals surface area contributed by atoms with Gasteiger partial charge in [-0.1, -0.05) is 30.3 Å². The molecule has 0 atom stereocenters. The monoisotopic (exact) mass is 491 g/mol. The Hall–Kier alpha value is -2.31. The Morgan fingerprint density at radius 2 is 1.64 bits per heavy atom. The van der Waals surface area contributed by atoms with E-state index in [4.69, 9.17) is 14.9 Å². The molecule has 0 bridgehead atoms. The highest BCUT2D eigenvalue weighted by atomic mass is 32.2. The number of rotatable bonds is 4. The first-order valence-corrected chi connectivity index (χ1v) is 13.2. The van der Waals surface area contributed by atoms with E-state index in [2.05, 4.69) is 39.8 Å². The normalized spacial score (nSPS) is 20.3. The molecule has 5 rings (SSSR count). The molecule has 33 heavy (non-hydrogen) atoms. The zero-order valence-corrected chi connectivity index (χ0v) is 20.2. The second kappa shape index (κ2) is 9.90. The Kier molecular flexibility index (Phi) is 7.15. The van der Waals surface area contributed by atoms with Gasteiger partial charge >= 0.3 is 0 Å². The van der Waals surface area contributed by atoms with Crippen LogP contribution in [0.3, 0.4) is 0 Å². The molecule has 2 aliphatic heterocycles. The van der Waals surface area contributed by atoms with E-state index in [0.717, 1.165) is 36.6 Å². The van der Waals surface area contributed by atoms with Crippen LogP contribution in [0.1, 0.15) is 24.1 Å². The number of nitrogens with zero attached hydrogens (tertiary/aromatic N) is 5. The molecule has 2 aliphatic rings. The maximum absolute atomic E-state index is 13.2. The van der Waals surface area contributed by atoms with Crippen LogP contribution in [0.2, 0.25) is 0 Å². The van der Waals surface area contributed by atoms with Gasteiger partial charge in [-0.05, 0) is 25.5 Å². The molecule has 0 spiro atoms. The molecule has 2 fully saturated rings. The van der Waals surface area contributed by atoms with Crippen LogP contribution in [-0.2, 0) is 20.4 Å². The van der Waals surface area contributed by atoms with Crippen LogP contribution in [0.5, 0.6) is 0 Å². The Morgan fingerprint density at radius 1 is 1.03 bits per heavy atom. The Morgan fingerprint density at radius 3 is 2.24 bits per heavy atom. The molecule has 0 unspecified atom stereocenters. The van der Waals surface area contributed by atoms with E-state index in [1.54, 1.807) is 19.9 Å². The third kappa shape index (κ3) is 4.69. The van der Waals surface area contributed by atoms with Gasteiger partial charge in [0.2, 0.25) is 0 Å². The lowest BCUT2D eigenvalue weighted by molar-refractivity contribution is -0.122. The molecule has 2 saturated heterocycles. The van der Waals surface area contributed by atoms with E-state index in [1.165, 1.54) is 5.56 Å².